The number of ether oxygens (including phenoxy) is 1. The van der Waals surface area contributed by atoms with Crippen molar-refractivity contribution in [1.29, 1.82) is 0 Å². The first kappa shape index (κ1) is 13.7. The molecule has 0 aliphatic heterocycles. The monoisotopic (exact) mass is 370 g/mol. The lowest BCUT2D eigenvalue weighted by molar-refractivity contribution is 0.0313. The second kappa shape index (κ2) is 5.27. The van der Waals surface area contributed by atoms with Gasteiger partial charge in [-0.2, -0.15) is 0 Å². The van der Waals surface area contributed by atoms with E-state index in [1.54, 1.807) is 0 Å². The lowest BCUT2D eigenvalue weighted by Crippen LogP contribution is -2.38. The van der Waals surface area contributed by atoms with Crippen LogP contribution in [-0.2, 0) is 0 Å². The first-order chi connectivity index (χ1) is 9.10. The maximum absolute atomic E-state index is 6.36. The Morgan fingerprint density at radius 3 is 2.58 bits per heavy atom. The largest absolute Gasteiger partial charge is 0.487 e. The first-order valence-electron chi connectivity index (χ1n) is 7.54. The molecule has 0 amide bonds. The quantitative estimate of drug-likeness (QED) is 0.500. The van der Waals surface area contributed by atoms with Crippen molar-refractivity contribution in [2.24, 2.45) is 11.8 Å². The molecule has 1 nitrogen and oxygen atoms in total. The number of rotatable bonds is 4. The van der Waals surface area contributed by atoms with E-state index in [0.717, 1.165) is 17.6 Å². The molecule has 2 aliphatic carbocycles. The molecule has 2 saturated carbocycles. The summed E-state index contributed by atoms with van der Waals surface area (Å²) in [6.45, 7) is 4.55. The third-order valence-corrected chi connectivity index (χ3v) is 6.65. The average Bonchev–Trinajstić information content (AvgIpc) is 2.98. The van der Waals surface area contributed by atoms with Gasteiger partial charge in [0.05, 0.1) is 0 Å². The molecule has 1 aromatic carbocycles. The highest BCUT2D eigenvalue weighted by molar-refractivity contribution is 14.1. The van der Waals surface area contributed by atoms with Gasteiger partial charge in [0.2, 0.25) is 0 Å². The summed E-state index contributed by atoms with van der Waals surface area (Å²) in [5, 5.41) is 0. The van der Waals surface area contributed by atoms with Crippen LogP contribution in [0.5, 0.6) is 5.75 Å². The van der Waals surface area contributed by atoms with Crippen molar-refractivity contribution >= 4 is 22.6 Å². The van der Waals surface area contributed by atoms with Crippen LogP contribution in [0.1, 0.15) is 55.4 Å². The Labute approximate surface area is 130 Å². The van der Waals surface area contributed by atoms with E-state index in [-0.39, 0.29) is 5.60 Å². The van der Waals surface area contributed by atoms with Crippen LogP contribution in [0.3, 0.4) is 0 Å². The molecule has 0 aromatic heterocycles. The molecule has 3 rings (SSSR count). The minimum atomic E-state index is 0.0961. The number of alkyl halides is 1. The van der Waals surface area contributed by atoms with Gasteiger partial charge in [-0.15, -0.1) is 0 Å². The summed E-state index contributed by atoms with van der Waals surface area (Å²) in [6, 6.07) is 8.78. The van der Waals surface area contributed by atoms with Crippen LogP contribution in [0.15, 0.2) is 24.3 Å². The van der Waals surface area contributed by atoms with Crippen LogP contribution in [0.4, 0.5) is 0 Å². The van der Waals surface area contributed by atoms with Gasteiger partial charge in [-0.1, -0.05) is 41.6 Å². The van der Waals surface area contributed by atoms with Gasteiger partial charge in [0, 0.05) is 3.92 Å². The lowest BCUT2D eigenvalue weighted by Gasteiger charge is -2.34. The van der Waals surface area contributed by atoms with E-state index in [2.05, 4.69) is 60.7 Å². The Morgan fingerprint density at radius 2 is 2.05 bits per heavy atom. The minimum absolute atomic E-state index is 0.0961. The van der Waals surface area contributed by atoms with Crippen molar-refractivity contribution in [3.05, 3.63) is 29.8 Å². The van der Waals surface area contributed by atoms with Crippen molar-refractivity contribution in [2.75, 3.05) is 0 Å². The van der Waals surface area contributed by atoms with Crippen molar-refractivity contribution in [3.8, 4) is 5.75 Å². The predicted octanol–water partition coefficient (Wildman–Crippen LogP) is 5.53. The van der Waals surface area contributed by atoms with Gasteiger partial charge in [-0.3, -0.25) is 0 Å². The molecule has 19 heavy (non-hydrogen) atoms. The molecular formula is C17H23IO. The van der Waals surface area contributed by atoms with Crippen molar-refractivity contribution in [3.63, 3.8) is 0 Å². The smallest absolute Gasteiger partial charge is 0.120 e. The van der Waals surface area contributed by atoms with Gasteiger partial charge in [0.15, 0.2) is 0 Å². The van der Waals surface area contributed by atoms with Gasteiger partial charge in [0.25, 0.3) is 0 Å². The normalized spacial score (nSPS) is 34.5. The number of benzene rings is 1. The Hall–Kier alpha value is -0.250. The lowest BCUT2D eigenvalue weighted by atomic mass is 9.85. The molecule has 0 heterocycles. The molecule has 2 heteroatoms. The van der Waals surface area contributed by atoms with Crippen LogP contribution in [0, 0.1) is 11.8 Å². The zero-order valence-corrected chi connectivity index (χ0v) is 14.0. The molecule has 0 N–H and O–H groups in total. The van der Waals surface area contributed by atoms with E-state index in [4.69, 9.17) is 4.74 Å². The van der Waals surface area contributed by atoms with Crippen LogP contribution < -0.4 is 4.74 Å². The molecule has 4 atom stereocenters. The number of halogens is 1. The summed E-state index contributed by atoms with van der Waals surface area (Å²) in [5.41, 5.74) is 1.51. The number of hydrogen-bond donors (Lipinski definition) is 0. The fourth-order valence-corrected chi connectivity index (χ4v) is 4.34. The van der Waals surface area contributed by atoms with Gasteiger partial charge in [-0.25, -0.2) is 0 Å². The molecule has 2 aliphatic rings. The highest BCUT2D eigenvalue weighted by Gasteiger charge is 2.49. The third-order valence-electron chi connectivity index (χ3n) is 5.05. The zero-order valence-electron chi connectivity index (χ0n) is 11.9. The summed E-state index contributed by atoms with van der Waals surface area (Å²) < 4.78 is 6.98. The van der Waals surface area contributed by atoms with E-state index in [0.29, 0.717) is 3.92 Å². The molecule has 0 spiro atoms. The second-order valence-corrected chi connectivity index (χ2v) is 7.94. The topological polar surface area (TPSA) is 9.23 Å². The molecular weight excluding hydrogens is 347 g/mol. The highest BCUT2D eigenvalue weighted by Crippen LogP contribution is 2.52. The fraction of sp³-hybridized carbons (Fsp3) is 0.647. The van der Waals surface area contributed by atoms with Gasteiger partial charge < -0.3 is 4.74 Å². The van der Waals surface area contributed by atoms with E-state index in [1.165, 1.54) is 37.7 Å². The van der Waals surface area contributed by atoms with Crippen LogP contribution in [0.2, 0.25) is 0 Å². The van der Waals surface area contributed by atoms with E-state index in [9.17, 15) is 0 Å². The molecule has 4 unspecified atom stereocenters. The third kappa shape index (κ3) is 2.65. The maximum Gasteiger partial charge on any atom is 0.120 e. The average molecular weight is 370 g/mol. The van der Waals surface area contributed by atoms with Crippen LogP contribution >= 0.6 is 22.6 Å². The molecule has 2 bridgehead atoms. The van der Waals surface area contributed by atoms with Crippen molar-refractivity contribution in [2.45, 2.75) is 55.5 Å². The fourth-order valence-electron chi connectivity index (χ4n) is 3.93. The summed E-state index contributed by atoms with van der Waals surface area (Å²) in [4.78, 5) is 0. The zero-order chi connectivity index (χ0) is 13.5. The molecule has 104 valence electrons. The Balaban J connectivity index is 1.70. The van der Waals surface area contributed by atoms with Crippen molar-refractivity contribution in [1.82, 2.24) is 0 Å². The SMILES string of the molecule is CCC(I)c1ccc(OC2(C)CC3CCC2C3)cc1. The summed E-state index contributed by atoms with van der Waals surface area (Å²) in [5.74, 6) is 2.76. The van der Waals surface area contributed by atoms with E-state index >= 15 is 0 Å². The molecule has 0 saturated heterocycles. The van der Waals surface area contributed by atoms with Crippen LogP contribution in [-0.4, -0.2) is 5.60 Å². The molecule has 0 radical (unpaired) electrons. The summed E-state index contributed by atoms with van der Waals surface area (Å²) in [7, 11) is 0. The minimum Gasteiger partial charge on any atom is -0.487 e. The van der Waals surface area contributed by atoms with Gasteiger partial charge in [0.1, 0.15) is 11.4 Å². The Morgan fingerprint density at radius 1 is 1.32 bits per heavy atom. The summed E-state index contributed by atoms with van der Waals surface area (Å²) >= 11 is 2.51. The molecule has 2 fully saturated rings. The van der Waals surface area contributed by atoms with E-state index < -0.39 is 0 Å². The Kier molecular flexibility index (Phi) is 3.80. The predicted molar refractivity (Wildman–Crippen MR) is 88.0 cm³/mol. The second-order valence-electron chi connectivity index (χ2n) is 6.44. The van der Waals surface area contributed by atoms with Gasteiger partial charge >= 0.3 is 0 Å². The number of hydrogen-bond acceptors (Lipinski definition) is 1. The van der Waals surface area contributed by atoms with Gasteiger partial charge in [-0.05, 0) is 68.6 Å². The Bertz CT molecular complexity index is 441. The van der Waals surface area contributed by atoms with E-state index in [1.807, 2.05) is 0 Å². The van der Waals surface area contributed by atoms with Crippen LogP contribution in [0.25, 0.3) is 0 Å². The maximum atomic E-state index is 6.36. The summed E-state index contributed by atoms with van der Waals surface area (Å²) in [6.07, 6.45) is 6.62. The highest BCUT2D eigenvalue weighted by atomic mass is 127. The van der Waals surface area contributed by atoms with Crippen molar-refractivity contribution < 1.29 is 4.74 Å². The number of fused-ring (bicyclic) bond motifs is 2. The standard InChI is InChI=1S/C17H23IO/c1-3-16(18)13-5-8-15(9-6-13)19-17(2)11-12-4-7-14(17)10-12/h5-6,8-9,12,14,16H,3-4,7,10-11H2,1-2H3. The first-order valence-corrected chi connectivity index (χ1v) is 8.78. The molecule has 1 aromatic rings.